The van der Waals surface area contributed by atoms with Crippen LogP contribution in [0.3, 0.4) is 0 Å². The highest BCUT2D eigenvalue weighted by atomic mass is 32.2. The highest BCUT2D eigenvalue weighted by molar-refractivity contribution is 7.99. The molecule has 0 saturated heterocycles. The number of hydrogen-bond donors (Lipinski definition) is 1. The van der Waals surface area contributed by atoms with E-state index in [1.165, 1.54) is 6.54 Å². The van der Waals surface area contributed by atoms with Gasteiger partial charge in [0.1, 0.15) is 0 Å². The number of nitrogens with one attached hydrogen (secondary N) is 1. The van der Waals surface area contributed by atoms with Crippen molar-refractivity contribution in [2.75, 3.05) is 18.1 Å². The number of carboxylic acids is 1. The maximum absolute atomic E-state index is 13.4. The maximum Gasteiger partial charge on any atom is 0.460 e. The fourth-order valence-corrected chi connectivity index (χ4v) is 3.90. The van der Waals surface area contributed by atoms with Gasteiger partial charge in [-0.3, -0.25) is 0 Å². The molecule has 0 spiro atoms. The smallest absolute Gasteiger partial charge is 0.460 e. The van der Waals surface area contributed by atoms with E-state index >= 15 is 0 Å². The molecule has 0 fully saturated rings. The van der Waals surface area contributed by atoms with Crippen molar-refractivity contribution < 1.29 is 89.4 Å². The highest BCUT2D eigenvalue weighted by Crippen LogP contribution is 2.64. The standard InChI is InChI=1S/C12H7F17O2S.C8H19N/c13-5(14,1-2-32-3-4(30)31)6(15,16)7(17,18)8(19,20)9(21,22)10(23,24)11(25,26)12(27,28)29;1-6-9(7(2)3)8(4)5/h1-3H2,(H,30,31);7-8H,6H2,1-5H3. The van der Waals surface area contributed by atoms with Crippen LogP contribution in [0.1, 0.15) is 41.0 Å². The van der Waals surface area contributed by atoms with E-state index in [-0.39, 0.29) is 11.8 Å². The Morgan fingerprint density at radius 2 is 0.951 bits per heavy atom. The van der Waals surface area contributed by atoms with Crippen molar-refractivity contribution in [2.24, 2.45) is 0 Å². The average Bonchev–Trinajstić information content (AvgIpc) is 2.75. The zero-order valence-corrected chi connectivity index (χ0v) is 22.4. The summed E-state index contributed by atoms with van der Waals surface area (Å²) < 4.78 is 220. The molecule has 0 heterocycles. The van der Waals surface area contributed by atoms with E-state index < -0.39 is 71.5 Å². The summed E-state index contributed by atoms with van der Waals surface area (Å²) >= 11 is -0.262. The first-order valence-corrected chi connectivity index (χ1v) is 12.3. The fourth-order valence-electron chi connectivity index (χ4n) is 3.19. The van der Waals surface area contributed by atoms with Gasteiger partial charge in [-0.15, -0.1) is 0 Å². The molecule has 0 amide bonds. The average molecular weight is 667 g/mol. The monoisotopic (exact) mass is 667 g/mol. The molecule has 1 N–H and O–H groups in total. The van der Waals surface area contributed by atoms with Gasteiger partial charge < -0.3 is 14.8 Å². The maximum atomic E-state index is 13.4. The molecule has 0 aliphatic heterocycles. The van der Waals surface area contributed by atoms with Crippen LogP contribution in [-0.2, 0) is 4.79 Å². The van der Waals surface area contributed by atoms with Gasteiger partial charge in [0.25, 0.3) is 0 Å². The van der Waals surface area contributed by atoms with Crippen LogP contribution in [0.25, 0.3) is 0 Å². The molecule has 0 aromatic rings. The number of carbonyl (C=O) groups is 1. The van der Waals surface area contributed by atoms with Crippen LogP contribution in [0.4, 0.5) is 74.6 Å². The molecule has 3 nitrogen and oxygen atoms in total. The molecule has 0 atom stereocenters. The second-order valence-electron chi connectivity index (χ2n) is 9.06. The lowest BCUT2D eigenvalue weighted by Gasteiger charge is -2.42. The van der Waals surface area contributed by atoms with Crippen LogP contribution < -0.4 is 10.0 Å². The topological polar surface area (TPSA) is 44.6 Å². The Labute approximate surface area is 226 Å². The van der Waals surface area contributed by atoms with Gasteiger partial charge in [-0.1, -0.05) is 0 Å². The van der Waals surface area contributed by atoms with Crippen molar-refractivity contribution >= 4 is 17.7 Å². The molecule has 0 saturated carbocycles. The normalized spacial score (nSPS) is 15.0. The van der Waals surface area contributed by atoms with E-state index in [0.29, 0.717) is 0 Å². The first-order valence-electron chi connectivity index (χ1n) is 11.1. The SMILES string of the molecule is CC[NH+](C(C)C)C(C)C.O=C([O-])CSCCC(F)(F)C(F)(F)C(F)(F)C(F)(F)C(F)(F)C(F)(F)C(F)(F)C(F)(F)F. The van der Waals surface area contributed by atoms with Crippen LogP contribution in [0.2, 0.25) is 0 Å². The summed E-state index contributed by atoms with van der Waals surface area (Å²) in [4.78, 5) is 11.7. The lowest BCUT2D eigenvalue weighted by atomic mass is 9.88. The third kappa shape index (κ3) is 8.16. The summed E-state index contributed by atoms with van der Waals surface area (Å²) in [6.07, 6.45) is -10.5. The van der Waals surface area contributed by atoms with Crippen LogP contribution >= 0.6 is 11.8 Å². The van der Waals surface area contributed by atoms with Crippen molar-refractivity contribution in [3.8, 4) is 0 Å². The molecule has 0 aromatic heterocycles. The quantitative estimate of drug-likeness (QED) is 0.195. The fraction of sp³-hybridized carbons (Fsp3) is 0.950. The second kappa shape index (κ2) is 13.5. The number of aliphatic carboxylic acids is 1. The third-order valence-electron chi connectivity index (χ3n) is 5.46. The Balaban J connectivity index is 0. The Morgan fingerprint density at radius 3 is 1.20 bits per heavy atom. The summed E-state index contributed by atoms with van der Waals surface area (Å²) in [6.45, 7) is 12.6. The van der Waals surface area contributed by atoms with Crippen molar-refractivity contribution in [1.82, 2.24) is 0 Å². The summed E-state index contributed by atoms with van der Waals surface area (Å²) in [7, 11) is 0. The number of thioether (sulfide) groups is 1. The number of carboxylic acid groups (broad SMARTS) is 1. The van der Waals surface area contributed by atoms with Crippen LogP contribution in [0.5, 0.6) is 0 Å². The van der Waals surface area contributed by atoms with Gasteiger partial charge in [0.15, 0.2) is 0 Å². The second-order valence-corrected chi connectivity index (χ2v) is 10.2. The van der Waals surface area contributed by atoms with Crippen LogP contribution in [0, 0.1) is 0 Å². The van der Waals surface area contributed by atoms with E-state index in [1.54, 1.807) is 4.90 Å². The molecule has 0 aliphatic carbocycles. The number of rotatable bonds is 14. The van der Waals surface area contributed by atoms with E-state index in [2.05, 4.69) is 34.6 Å². The minimum Gasteiger partial charge on any atom is -0.549 e. The zero-order chi connectivity index (χ0) is 33.8. The summed E-state index contributed by atoms with van der Waals surface area (Å²) in [5.41, 5.74) is 0. The number of halogens is 17. The minimum absolute atomic E-state index is 0.262. The number of carbonyl (C=O) groups excluding carboxylic acids is 1. The van der Waals surface area contributed by atoms with Gasteiger partial charge in [-0.05, 0) is 40.4 Å². The molecule has 248 valence electrons. The van der Waals surface area contributed by atoms with Crippen molar-refractivity contribution in [3.63, 3.8) is 0 Å². The number of quaternary nitrogens is 1. The van der Waals surface area contributed by atoms with E-state index in [4.69, 9.17) is 0 Å². The van der Waals surface area contributed by atoms with Gasteiger partial charge in [0.2, 0.25) is 0 Å². The van der Waals surface area contributed by atoms with Gasteiger partial charge in [0.05, 0.1) is 24.6 Å². The molecule has 0 aromatic carbocycles. The predicted octanol–water partition coefficient (Wildman–Crippen LogP) is 5.58. The Bertz CT molecular complexity index is 836. The first-order chi connectivity index (χ1) is 17.8. The number of alkyl halides is 17. The molecule has 0 bridgehead atoms. The predicted molar refractivity (Wildman–Crippen MR) is 109 cm³/mol. The lowest BCUT2D eigenvalue weighted by molar-refractivity contribution is -0.940. The molecule has 0 unspecified atom stereocenters. The minimum atomic E-state index is -8.66. The molecule has 0 radical (unpaired) electrons. The van der Waals surface area contributed by atoms with Gasteiger partial charge >= 0.3 is 47.6 Å². The van der Waals surface area contributed by atoms with Gasteiger partial charge in [-0.25, -0.2) is 0 Å². The van der Waals surface area contributed by atoms with E-state index in [9.17, 15) is 84.5 Å². The van der Waals surface area contributed by atoms with Crippen molar-refractivity contribution in [3.05, 3.63) is 0 Å². The molecular formula is C20H26F17NO2S. The van der Waals surface area contributed by atoms with Crippen LogP contribution in [0.15, 0.2) is 0 Å². The lowest BCUT2D eigenvalue weighted by Crippen LogP contribution is -3.17. The van der Waals surface area contributed by atoms with Gasteiger partial charge in [0, 0.05) is 12.2 Å². The third-order valence-corrected chi connectivity index (χ3v) is 6.39. The Hall–Kier alpha value is -1.41. The molecule has 0 aliphatic rings. The van der Waals surface area contributed by atoms with Crippen molar-refractivity contribution in [2.45, 2.75) is 101 Å². The van der Waals surface area contributed by atoms with Gasteiger partial charge in [-0.2, -0.15) is 86.4 Å². The zero-order valence-electron chi connectivity index (χ0n) is 21.6. The van der Waals surface area contributed by atoms with Crippen molar-refractivity contribution in [1.29, 1.82) is 0 Å². The molecule has 41 heavy (non-hydrogen) atoms. The number of hydrogen-bond acceptors (Lipinski definition) is 3. The molecule has 0 rings (SSSR count). The van der Waals surface area contributed by atoms with E-state index in [1.807, 2.05) is 0 Å². The Kier molecular flexibility index (Phi) is 13.7. The largest absolute Gasteiger partial charge is 0.549 e. The summed E-state index contributed by atoms with van der Waals surface area (Å²) in [5.74, 6) is -61.4. The molecule has 21 heteroatoms. The first kappa shape index (κ1) is 41.7. The Morgan fingerprint density at radius 1 is 0.634 bits per heavy atom. The highest BCUT2D eigenvalue weighted by Gasteiger charge is 2.95. The molecular weight excluding hydrogens is 641 g/mol. The van der Waals surface area contributed by atoms with Crippen LogP contribution in [-0.4, -0.2) is 83.7 Å². The summed E-state index contributed by atoms with van der Waals surface area (Å²) in [5, 5.41) is 9.98. The summed E-state index contributed by atoms with van der Waals surface area (Å²) in [6, 6.07) is 1.55. The van der Waals surface area contributed by atoms with E-state index in [0.717, 1.165) is 12.1 Å².